The number of aromatic amines is 1. The SMILES string of the molecule is Cc1cn[nH]c1CNc1cccc(CCC(=O)O)c1. The van der Waals surface area contributed by atoms with E-state index in [2.05, 4.69) is 15.5 Å². The van der Waals surface area contributed by atoms with E-state index in [-0.39, 0.29) is 6.42 Å². The maximum atomic E-state index is 10.5. The van der Waals surface area contributed by atoms with E-state index in [1.165, 1.54) is 0 Å². The molecule has 0 spiro atoms. The summed E-state index contributed by atoms with van der Waals surface area (Å²) in [6.45, 7) is 2.68. The van der Waals surface area contributed by atoms with Crippen LogP contribution in [0.25, 0.3) is 0 Å². The fourth-order valence-electron chi connectivity index (χ4n) is 1.83. The van der Waals surface area contributed by atoms with E-state index < -0.39 is 5.97 Å². The normalized spacial score (nSPS) is 10.4. The summed E-state index contributed by atoms with van der Waals surface area (Å²) in [5.74, 6) is -0.772. The van der Waals surface area contributed by atoms with Crippen molar-refractivity contribution in [2.75, 3.05) is 5.32 Å². The zero-order chi connectivity index (χ0) is 13.7. The first-order chi connectivity index (χ1) is 9.15. The van der Waals surface area contributed by atoms with Crippen LogP contribution >= 0.6 is 0 Å². The minimum Gasteiger partial charge on any atom is -0.481 e. The highest BCUT2D eigenvalue weighted by atomic mass is 16.4. The van der Waals surface area contributed by atoms with Gasteiger partial charge in [-0.2, -0.15) is 5.10 Å². The molecule has 0 aliphatic heterocycles. The van der Waals surface area contributed by atoms with Crippen LogP contribution in [0, 0.1) is 6.92 Å². The van der Waals surface area contributed by atoms with E-state index in [0.717, 1.165) is 22.5 Å². The number of anilines is 1. The molecule has 2 aromatic rings. The lowest BCUT2D eigenvalue weighted by molar-refractivity contribution is -0.136. The number of carboxylic acid groups (broad SMARTS) is 1. The number of aromatic nitrogens is 2. The van der Waals surface area contributed by atoms with Gasteiger partial charge in [0.1, 0.15) is 0 Å². The summed E-state index contributed by atoms with van der Waals surface area (Å²) in [4.78, 5) is 10.5. The second kappa shape index (κ2) is 6.04. The smallest absolute Gasteiger partial charge is 0.303 e. The van der Waals surface area contributed by atoms with Crippen LogP contribution in [0.2, 0.25) is 0 Å². The van der Waals surface area contributed by atoms with E-state index in [9.17, 15) is 4.79 Å². The topological polar surface area (TPSA) is 78.0 Å². The average Bonchev–Trinajstić information content (AvgIpc) is 2.80. The Balaban J connectivity index is 1.95. The minimum atomic E-state index is -0.772. The molecule has 1 aromatic carbocycles. The summed E-state index contributed by atoms with van der Waals surface area (Å²) >= 11 is 0. The van der Waals surface area contributed by atoms with Crippen LogP contribution in [0.15, 0.2) is 30.5 Å². The van der Waals surface area contributed by atoms with Gasteiger partial charge in [-0.25, -0.2) is 0 Å². The first-order valence-electron chi connectivity index (χ1n) is 6.18. The fraction of sp³-hybridized carbons (Fsp3) is 0.286. The lowest BCUT2D eigenvalue weighted by Crippen LogP contribution is -2.02. The molecule has 5 heteroatoms. The van der Waals surface area contributed by atoms with Crippen molar-refractivity contribution < 1.29 is 9.90 Å². The maximum absolute atomic E-state index is 10.5. The first kappa shape index (κ1) is 13.1. The van der Waals surface area contributed by atoms with Crippen LogP contribution in [0.4, 0.5) is 5.69 Å². The van der Waals surface area contributed by atoms with Gasteiger partial charge in [-0.1, -0.05) is 12.1 Å². The van der Waals surface area contributed by atoms with E-state index in [4.69, 9.17) is 5.11 Å². The summed E-state index contributed by atoms with van der Waals surface area (Å²) in [6.07, 6.45) is 2.50. The molecule has 1 aromatic heterocycles. The summed E-state index contributed by atoms with van der Waals surface area (Å²) in [7, 11) is 0. The van der Waals surface area contributed by atoms with Crippen molar-refractivity contribution in [1.82, 2.24) is 10.2 Å². The standard InChI is InChI=1S/C14H17N3O2/c1-10-8-16-17-13(10)9-15-12-4-2-3-11(7-12)5-6-14(18)19/h2-4,7-8,15H,5-6,9H2,1H3,(H,16,17)(H,18,19). The number of nitrogens with zero attached hydrogens (tertiary/aromatic N) is 1. The number of carboxylic acids is 1. The zero-order valence-corrected chi connectivity index (χ0v) is 10.8. The molecule has 0 bridgehead atoms. The van der Waals surface area contributed by atoms with Crippen molar-refractivity contribution in [3.05, 3.63) is 47.3 Å². The van der Waals surface area contributed by atoms with Gasteiger partial charge >= 0.3 is 5.97 Å². The van der Waals surface area contributed by atoms with Crippen molar-refractivity contribution in [3.63, 3.8) is 0 Å². The number of hydrogen-bond donors (Lipinski definition) is 3. The largest absolute Gasteiger partial charge is 0.481 e. The first-order valence-corrected chi connectivity index (χ1v) is 6.18. The number of nitrogens with one attached hydrogen (secondary N) is 2. The number of hydrogen-bond acceptors (Lipinski definition) is 3. The van der Waals surface area contributed by atoms with Crippen molar-refractivity contribution >= 4 is 11.7 Å². The Morgan fingerprint density at radius 3 is 3.00 bits per heavy atom. The van der Waals surface area contributed by atoms with E-state index in [1.54, 1.807) is 6.20 Å². The number of H-pyrrole nitrogens is 1. The molecule has 2 rings (SSSR count). The second-order valence-corrected chi connectivity index (χ2v) is 4.48. The Morgan fingerprint density at radius 1 is 1.47 bits per heavy atom. The summed E-state index contributed by atoms with van der Waals surface area (Å²) in [6, 6.07) is 7.82. The second-order valence-electron chi connectivity index (χ2n) is 4.48. The molecule has 0 saturated heterocycles. The van der Waals surface area contributed by atoms with Gasteiger partial charge < -0.3 is 10.4 Å². The average molecular weight is 259 g/mol. The number of benzene rings is 1. The molecule has 19 heavy (non-hydrogen) atoms. The lowest BCUT2D eigenvalue weighted by Gasteiger charge is -2.07. The summed E-state index contributed by atoms with van der Waals surface area (Å²) < 4.78 is 0. The van der Waals surface area contributed by atoms with Crippen LogP contribution in [-0.4, -0.2) is 21.3 Å². The maximum Gasteiger partial charge on any atom is 0.303 e. The van der Waals surface area contributed by atoms with Gasteiger partial charge in [0, 0.05) is 12.1 Å². The molecule has 100 valence electrons. The van der Waals surface area contributed by atoms with E-state index in [1.807, 2.05) is 31.2 Å². The molecule has 0 unspecified atom stereocenters. The molecule has 0 amide bonds. The van der Waals surface area contributed by atoms with Crippen LogP contribution in [0.3, 0.4) is 0 Å². The molecular formula is C14H17N3O2. The Morgan fingerprint density at radius 2 is 2.32 bits per heavy atom. The molecule has 1 heterocycles. The molecule has 0 aliphatic carbocycles. The number of rotatable bonds is 6. The van der Waals surface area contributed by atoms with Gasteiger partial charge in [-0.3, -0.25) is 9.89 Å². The Bertz CT molecular complexity index is 563. The predicted molar refractivity (Wildman–Crippen MR) is 73.1 cm³/mol. The van der Waals surface area contributed by atoms with Gasteiger partial charge in [0.2, 0.25) is 0 Å². The monoisotopic (exact) mass is 259 g/mol. The molecule has 5 nitrogen and oxygen atoms in total. The van der Waals surface area contributed by atoms with Gasteiger partial charge in [0.05, 0.1) is 18.4 Å². The van der Waals surface area contributed by atoms with Crippen LogP contribution in [0.5, 0.6) is 0 Å². The van der Waals surface area contributed by atoms with Crippen molar-refractivity contribution in [2.24, 2.45) is 0 Å². The Labute approximate surface area is 111 Å². The van der Waals surface area contributed by atoms with Gasteiger partial charge in [0.25, 0.3) is 0 Å². The van der Waals surface area contributed by atoms with Crippen molar-refractivity contribution in [1.29, 1.82) is 0 Å². The molecular weight excluding hydrogens is 242 g/mol. The molecule has 0 radical (unpaired) electrons. The third kappa shape index (κ3) is 3.84. The zero-order valence-electron chi connectivity index (χ0n) is 10.8. The van der Waals surface area contributed by atoms with Crippen molar-refractivity contribution in [2.45, 2.75) is 26.3 Å². The predicted octanol–water partition coefficient (Wildman–Crippen LogP) is 2.35. The summed E-state index contributed by atoms with van der Waals surface area (Å²) in [5.41, 5.74) is 4.18. The number of carbonyl (C=O) groups is 1. The van der Waals surface area contributed by atoms with Crippen molar-refractivity contribution in [3.8, 4) is 0 Å². The van der Waals surface area contributed by atoms with Gasteiger partial charge in [0.15, 0.2) is 0 Å². The van der Waals surface area contributed by atoms with Gasteiger partial charge in [-0.05, 0) is 36.6 Å². The molecule has 0 atom stereocenters. The summed E-state index contributed by atoms with van der Waals surface area (Å²) in [5, 5.41) is 18.9. The highest BCUT2D eigenvalue weighted by Crippen LogP contribution is 2.14. The molecule has 0 aliphatic rings. The molecule has 3 N–H and O–H groups in total. The van der Waals surface area contributed by atoms with E-state index >= 15 is 0 Å². The number of aryl methyl sites for hydroxylation is 2. The van der Waals surface area contributed by atoms with Crippen LogP contribution < -0.4 is 5.32 Å². The van der Waals surface area contributed by atoms with E-state index in [0.29, 0.717) is 13.0 Å². The quantitative estimate of drug-likeness (QED) is 0.744. The highest BCUT2D eigenvalue weighted by molar-refractivity contribution is 5.67. The third-order valence-electron chi connectivity index (χ3n) is 2.96. The lowest BCUT2D eigenvalue weighted by atomic mass is 10.1. The Kier molecular flexibility index (Phi) is 4.18. The van der Waals surface area contributed by atoms with Gasteiger partial charge in [-0.15, -0.1) is 0 Å². The highest BCUT2D eigenvalue weighted by Gasteiger charge is 2.02. The van der Waals surface area contributed by atoms with Crippen LogP contribution in [0.1, 0.15) is 23.2 Å². The number of aliphatic carboxylic acids is 1. The molecule has 0 fully saturated rings. The van der Waals surface area contributed by atoms with Crippen LogP contribution in [-0.2, 0) is 17.8 Å². The Hall–Kier alpha value is -2.30. The minimum absolute atomic E-state index is 0.156. The molecule has 0 saturated carbocycles. The third-order valence-corrected chi connectivity index (χ3v) is 2.96. The fourth-order valence-corrected chi connectivity index (χ4v) is 1.83.